The highest BCUT2D eigenvalue weighted by Gasteiger charge is 2.30. The summed E-state index contributed by atoms with van der Waals surface area (Å²) in [5, 5.41) is 2.84. The number of amides is 1. The van der Waals surface area contributed by atoms with E-state index in [1.165, 1.54) is 18.2 Å². The van der Waals surface area contributed by atoms with Crippen LogP contribution in [0.25, 0.3) is 0 Å². The van der Waals surface area contributed by atoms with Crippen molar-refractivity contribution in [1.29, 1.82) is 0 Å². The minimum Gasteiger partial charge on any atom is -0.490 e. The van der Waals surface area contributed by atoms with Crippen molar-refractivity contribution < 1.29 is 22.7 Å². The molecule has 1 aliphatic carbocycles. The fourth-order valence-electron chi connectivity index (χ4n) is 2.50. The SMILES string of the molecule is C=CC(=O)N[C@H]1CC[C@@H](Oc2ccc(C(F)(F)F)cc2)CC1. The lowest BCUT2D eigenvalue weighted by molar-refractivity contribution is -0.137. The maximum Gasteiger partial charge on any atom is 0.416 e. The molecule has 1 amide bonds. The first-order chi connectivity index (χ1) is 10.4. The van der Waals surface area contributed by atoms with Gasteiger partial charge in [0.2, 0.25) is 5.91 Å². The van der Waals surface area contributed by atoms with Gasteiger partial charge >= 0.3 is 6.18 Å². The van der Waals surface area contributed by atoms with Crippen LogP contribution in [-0.4, -0.2) is 18.1 Å². The zero-order chi connectivity index (χ0) is 16.2. The Morgan fingerprint density at radius 1 is 1.18 bits per heavy atom. The van der Waals surface area contributed by atoms with E-state index in [9.17, 15) is 18.0 Å². The molecule has 0 aromatic heterocycles. The normalized spacial score (nSPS) is 22.0. The molecule has 1 aromatic rings. The van der Waals surface area contributed by atoms with E-state index in [0.717, 1.165) is 37.8 Å². The van der Waals surface area contributed by atoms with Crippen LogP contribution in [0.3, 0.4) is 0 Å². The molecular weight excluding hydrogens is 295 g/mol. The van der Waals surface area contributed by atoms with Crippen molar-refractivity contribution >= 4 is 5.91 Å². The molecular formula is C16H18F3NO2. The Morgan fingerprint density at radius 2 is 1.77 bits per heavy atom. The molecule has 0 saturated heterocycles. The molecule has 1 aliphatic rings. The average molecular weight is 313 g/mol. The molecule has 120 valence electrons. The molecule has 1 N–H and O–H groups in total. The van der Waals surface area contributed by atoms with Crippen LogP contribution in [0.15, 0.2) is 36.9 Å². The Labute approximate surface area is 127 Å². The van der Waals surface area contributed by atoms with Gasteiger partial charge in [-0.2, -0.15) is 13.2 Å². The Morgan fingerprint density at radius 3 is 2.27 bits per heavy atom. The van der Waals surface area contributed by atoms with Crippen LogP contribution in [0.5, 0.6) is 5.75 Å². The summed E-state index contributed by atoms with van der Waals surface area (Å²) in [7, 11) is 0. The van der Waals surface area contributed by atoms with Crippen molar-refractivity contribution in [2.24, 2.45) is 0 Å². The fourth-order valence-corrected chi connectivity index (χ4v) is 2.50. The Hall–Kier alpha value is -1.98. The van der Waals surface area contributed by atoms with E-state index in [-0.39, 0.29) is 18.1 Å². The minimum absolute atomic E-state index is 0.0337. The summed E-state index contributed by atoms with van der Waals surface area (Å²) in [6.07, 6.45) is -0.0548. The minimum atomic E-state index is -4.33. The zero-order valence-corrected chi connectivity index (χ0v) is 12.0. The molecule has 2 rings (SSSR count). The summed E-state index contributed by atoms with van der Waals surface area (Å²) in [4.78, 5) is 11.2. The van der Waals surface area contributed by atoms with Gasteiger partial charge in [-0.15, -0.1) is 0 Å². The molecule has 0 bridgehead atoms. The molecule has 1 fully saturated rings. The number of hydrogen-bond donors (Lipinski definition) is 1. The number of alkyl halides is 3. The van der Waals surface area contributed by atoms with Crippen molar-refractivity contribution in [3.63, 3.8) is 0 Å². The Balaban J connectivity index is 1.83. The lowest BCUT2D eigenvalue weighted by Crippen LogP contribution is -2.38. The number of benzene rings is 1. The van der Waals surface area contributed by atoms with Crippen molar-refractivity contribution in [3.8, 4) is 5.75 Å². The van der Waals surface area contributed by atoms with Gasteiger partial charge in [0.25, 0.3) is 0 Å². The van der Waals surface area contributed by atoms with E-state index in [2.05, 4.69) is 11.9 Å². The molecule has 1 saturated carbocycles. The molecule has 6 heteroatoms. The third-order valence-corrected chi connectivity index (χ3v) is 3.69. The van der Waals surface area contributed by atoms with Gasteiger partial charge in [0.15, 0.2) is 0 Å². The monoisotopic (exact) mass is 313 g/mol. The van der Waals surface area contributed by atoms with E-state index in [0.29, 0.717) is 5.75 Å². The summed E-state index contributed by atoms with van der Waals surface area (Å²) < 4.78 is 43.1. The van der Waals surface area contributed by atoms with Gasteiger partial charge in [-0.25, -0.2) is 0 Å². The van der Waals surface area contributed by atoms with Crippen LogP contribution in [0.1, 0.15) is 31.2 Å². The topological polar surface area (TPSA) is 38.3 Å². The molecule has 1 aromatic carbocycles. The first-order valence-corrected chi connectivity index (χ1v) is 7.15. The van der Waals surface area contributed by atoms with Gasteiger partial charge in [-0.1, -0.05) is 6.58 Å². The van der Waals surface area contributed by atoms with Gasteiger partial charge in [0.1, 0.15) is 5.75 Å². The van der Waals surface area contributed by atoms with Crippen LogP contribution in [-0.2, 0) is 11.0 Å². The van der Waals surface area contributed by atoms with Gasteiger partial charge in [0.05, 0.1) is 11.7 Å². The predicted octanol–water partition coefficient (Wildman–Crippen LogP) is 3.70. The molecule has 3 nitrogen and oxygen atoms in total. The molecule has 0 spiro atoms. The quantitative estimate of drug-likeness (QED) is 0.861. The molecule has 0 aliphatic heterocycles. The second-order valence-corrected chi connectivity index (χ2v) is 5.33. The van der Waals surface area contributed by atoms with Crippen molar-refractivity contribution in [2.75, 3.05) is 0 Å². The lowest BCUT2D eigenvalue weighted by Gasteiger charge is -2.29. The van der Waals surface area contributed by atoms with Gasteiger partial charge < -0.3 is 10.1 Å². The van der Waals surface area contributed by atoms with Crippen LogP contribution < -0.4 is 10.1 Å². The summed E-state index contributed by atoms with van der Waals surface area (Å²) in [6.45, 7) is 3.40. The molecule has 0 unspecified atom stereocenters. The Bertz CT molecular complexity index is 517. The summed E-state index contributed by atoms with van der Waals surface area (Å²) in [6, 6.07) is 4.83. The number of carbonyl (C=O) groups excluding carboxylic acids is 1. The first kappa shape index (κ1) is 16.4. The first-order valence-electron chi connectivity index (χ1n) is 7.15. The summed E-state index contributed by atoms with van der Waals surface area (Å²) >= 11 is 0. The van der Waals surface area contributed by atoms with Crippen LogP contribution in [0.4, 0.5) is 13.2 Å². The highest BCUT2D eigenvalue weighted by molar-refractivity contribution is 5.87. The number of nitrogens with one attached hydrogen (secondary N) is 1. The molecule has 0 heterocycles. The largest absolute Gasteiger partial charge is 0.490 e. The number of hydrogen-bond acceptors (Lipinski definition) is 2. The molecule has 22 heavy (non-hydrogen) atoms. The number of carbonyl (C=O) groups is 1. The standard InChI is InChI=1S/C16H18F3NO2/c1-2-15(21)20-12-5-9-14(10-6-12)22-13-7-3-11(4-8-13)16(17,18)19/h2-4,7-8,12,14H,1,5-6,9-10H2,(H,20,21)/t12-,14+. The molecule has 0 atom stereocenters. The van der Waals surface area contributed by atoms with E-state index in [1.54, 1.807) is 0 Å². The fraction of sp³-hybridized carbons (Fsp3) is 0.438. The van der Waals surface area contributed by atoms with E-state index in [4.69, 9.17) is 4.74 Å². The maximum absolute atomic E-state index is 12.5. The lowest BCUT2D eigenvalue weighted by atomic mass is 9.93. The smallest absolute Gasteiger partial charge is 0.416 e. The third-order valence-electron chi connectivity index (χ3n) is 3.69. The summed E-state index contributed by atoms with van der Waals surface area (Å²) in [5.41, 5.74) is -0.685. The van der Waals surface area contributed by atoms with E-state index in [1.807, 2.05) is 0 Å². The van der Waals surface area contributed by atoms with Gasteiger partial charge in [0, 0.05) is 6.04 Å². The predicted molar refractivity (Wildman–Crippen MR) is 76.5 cm³/mol. The van der Waals surface area contributed by atoms with Crippen molar-refractivity contribution in [2.45, 2.75) is 44.0 Å². The highest BCUT2D eigenvalue weighted by Crippen LogP contribution is 2.31. The van der Waals surface area contributed by atoms with E-state index >= 15 is 0 Å². The highest BCUT2D eigenvalue weighted by atomic mass is 19.4. The average Bonchev–Trinajstić information content (AvgIpc) is 2.49. The zero-order valence-electron chi connectivity index (χ0n) is 12.0. The number of ether oxygens (including phenoxy) is 1. The second kappa shape index (κ2) is 6.85. The van der Waals surface area contributed by atoms with Crippen molar-refractivity contribution in [1.82, 2.24) is 5.32 Å². The second-order valence-electron chi connectivity index (χ2n) is 5.33. The van der Waals surface area contributed by atoms with Gasteiger partial charge in [-0.05, 0) is 56.0 Å². The third kappa shape index (κ3) is 4.51. The molecule has 0 radical (unpaired) electrons. The van der Waals surface area contributed by atoms with Crippen LogP contribution >= 0.6 is 0 Å². The van der Waals surface area contributed by atoms with E-state index < -0.39 is 11.7 Å². The number of halogens is 3. The number of rotatable bonds is 4. The van der Waals surface area contributed by atoms with Crippen LogP contribution in [0.2, 0.25) is 0 Å². The van der Waals surface area contributed by atoms with Crippen LogP contribution in [0, 0.1) is 0 Å². The van der Waals surface area contributed by atoms with Crippen molar-refractivity contribution in [3.05, 3.63) is 42.5 Å². The Kier molecular flexibility index (Phi) is 5.11. The summed E-state index contributed by atoms with van der Waals surface area (Å²) in [5.74, 6) is 0.249. The maximum atomic E-state index is 12.5. The van der Waals surface area contributed by atoms with Gasteiger partial charge in [-0.3, -0.25) is 4.79 Å².